The van der Waals surface area contributed by atoms with E-state index in [1.165, 1.54) is 0 Å². The minimum Gasteiger partial charge on any atom is -0.481 e. The Morgan fingerprint density at radius 2 is 2.00 bits per heavy atom. The van der Waals surface area contributed by atoms with Gasteiger partial charge in [-0.1, -0.05) is 23.8 Å². The highest BCUT2D eigenvalue weighted by Gasteiger charge is 2.15. The summed E-state index contributed by atoms with van der Waals surface area (Å²) in [4.78, 5) is 10.8. The second-order valence-electron chi connectivity index (χ2n) is 3.42. The quantitative estimate of drug-likeness (QED) is 0.755. The third-order valence-corrected chi connectivity index (χ3v) is 2.27. The minimum absolute atomic E-state index is 0.417. The van der Waals surface area contributed by atoms with Gasteiger partial charge in [0.25, 0.3) is 0 Å². The number of rotatable bonds is 2. The van der Waals surface area contributed by atoms with Crippen LogP contribution in [0.2, 0.25) is 0 Å². The van der Waals surface area contributed by atoms with E-state index in [0.29, 0.717) is 0 Å². The number of benzene rings is 1. The van der Waals surface area contributed by atoms with Crippen molar-refractivity contribution in [3.05, 3.63) is 34.9 Å². The largest absolute Gasteiger partial charge is 0.481 e. The molecule has 0 saturated heterocycles. The van der Waals surface area contributed by atoms with Crippen LogP contribution in [0.15, 0.2) is 18.2 Å². The van der Waals surface area contributed by atoms with Gasteiger partial charge in [0.15, 0.2) is 0 Å². The van der Waals surface area contributed by atoms with Crippen LogP contribution in [-0.2, 0) is 4.79 Å². The Balaban J connectivity index is 3.12. The number of carboxylic acid groups (broad SMARTS) is 1. The molecule has 0 amide bonds. The molecule has 1 atom stereocenters. The predicted octanol–water partition coefficient (Wildman–Crippen LogP) is 2.49. The van der Waals surface area contributed by atoms with E-state index in [1.54, 1.807) is 6.92 Å². The van der Waals surface area contributed by atoms with Crippen molar-refractivity contribution in [2.45, 2.75) is 26.7 Å². The normalized spacial score (nSPS) is 12.5. The van der Waals surface area contributed by atoms with Gasteiger partial charge in [-0.2, -0.15) is 0 Å². The summed E-state index contributed by atoms with van der Waals surface area (Å²) in [6.07, 6.45) is 0. The number of hydrogen-bond donors (Lipinski definition) is 1. The summed E-state index contributed by atoms with van der Waals surface area (Å²) in [5.41, 5.74) is 3.06. The average Bonchev–Trinajstić information content (AvgIpc) is 2.08. The third-order valence-electron chi connectivity index (χ3n) is 2.27. The molecule has 0 saturated carbocycles. The second kappa shape index (κ2) is 3.60. The first kappa shape index (κ1) is 9.78. The Bertz CT molecular complexity index is 329. The molecule has 1 aromatic rings. The first-order valence-corrected chi connectivity index (χ1v) is 4.32. The summed E-state index contributed by atoms with van der Waals surface area (Å²) in [7, 11) is 0. The number of aliphatic carboxylic acids is 1. The lowest BCUT2D eigenvalue weighted by atomic mass is 9.95. The third kappa shape index (κ3) is 2.08. The highest BCUT2D eigenvalue weighted by Crippen LogP contribution is 2.20. The van der Waals surface area contributed by atoms with Gasteiger partial charge in [-0.15, -0.1) is 0 Å². The van der Waals surface area contributed by atoms with Gasteiger partial charge in [0.05, 0.1) is 5.92 Å². The average molecular weight is 178 g/mol. The van der Waals surface area contributed by atoms with Crippen molar-refractivity contribution in [1.29, 1.82) is 0 Å². The van der Waals surface area contributed by atoms with Gasteiger partial charge in [-0.3, -0.25) is 4.79 Å². The maximum absolute atomic E-state index is 10.8. The summed E-state index contributed by atoms with van der Waals surface area (Å²) in [6, 6.07) is 5.89. The van der Waals surface area contributed by atoms with Crippen molar-refractivity contribution < 1.29 is 9.90 Å². The second-order valence-corrected chi connectivity index (χ2v) is 3.42. The van der Waals surface area contributed by atoms with E-state index in [0.717, 1.165) is 16.7 Å². The molecule has 0 spiro atoms. The fourth-order valence-electron chi connectivity index (χ4n) is 1.36. The zero-order valence-corrected chi connectivity index (χ0v) is 8.16. The molecular weight excluding hydrogens is 164 g/mol. The van der Waals surface area contributed by atoms with Crippen molar-refractivity contribution >= 4 is 5.97 Å². The molecule has 70 valence electrons. The lowest BCUT2D eigenvalue weighted by Gasteiger charge is -2.10. The molecule has 13 heavy (non-hydrogen) atoms. The summed E-state index contributed by atoms with van der Waals surface area (Å²) in [5.74, 6) is -1.19. The van der Waals surface area contributed by atoms with E-state index in [1.807, 2.05) is 32.0 Å². The van der Waals surface area contributed by atoms with Crippen molar-refractivity contribution in [1.82, 2.24) is 0 Å². The van der Waals surface area contributed by atoms with Crippen LogP contribution in [0.5, 0.6) is 0 Å². The van der Waals surface area contributed by atoms with Gasteiger partial charge in [-0.05, 0) is 31.9 Å². The summed E-state index contributed by atoms with van der Waals surface area (Å²) in [6.45, 7) is 5.62. The Hall–Kier alpha value is -1.31. The van der Waals surface area contributed by atoms with E-state index < -0.39 is 11.9 Å². The van der Waals surface area contributed by atoms with Crippen molar-refractivity contribution in [3.8, 4) is 0 Å². The number of carboxylic acids is 1. The molecule has 2 nitrogen and oxygen atoms in total. The SMILES string of the molecule is Cc1ccc(C)c([C@@H](C)C(=O)O)c1. The van der Waals surface area contributed by atoms with Gasteiger partial charge in [0.2, 0.25) is 0 Å². The fourth-order valence-corrected chi connectivity index (χ4v) is 1.36. The molecule has 0 heterocycles. The van der Waals surface area contributed by atoms with Crippen molar-refractivity contribution in [2.75, 3.05) is 0 Å². The van der Waals surface area contributed by atoms with E-state index in [4.69, 9.17) is 5.11 Å². The van der Waals surface area contributed by atoms with Crippen LogP contribution in [0, 0.1) is 13.8 Å². The van der Waals surface area contributed by atoms with Gasteiger partial charge in [-0.25, -0.2) is 0 Å². The fraction of sp³-hybridized carbons (Fsp3) is 0.364. The van der Waals surface area contributed by atoms with Crippen LogP contribution in [0.3, 0.4) is 0 Å². The van der Waals surface area contributed by atoms with E-state index in [9.17, 15) is 4.79 Å². The van der Waals surface area contributed by atoms with Gasteiger partial charge in [0.1, 0.15) is 0 Å². The van der Waals surface area contributed by atoms with Gasteiger partial charge >= 0.3 is 5.97 Å². The molecule has 0 unspecified atom stereocenters. The molecule has 2 heteroatoms. The number of hydrogen-bond acceptors (Lipinski definition) is 1. The summed E-state index contributed by atoms with van der Waals surface area (Å²) < 4.78 is 0. The molecule has 1 N–H and O–H groups in total. The minimum atomic E-state index is -0.770. The molecule has 0 bridgehead atoms. The molecule has 0 aliphatic heterocycles. The molecule has 1 rings (SSSR count). The van der Waals surface area contributed by atoms with Crippen LogP contribution in [-0.4, -0.2) is 11.1 Å². The predicted molar refractivity (Wildman–Crippen MR) is 52.0 cm³/mol. The summed E-state index contributed by atoms with van der Waals surface area (Å²) >= 11 is 0. The summed E-state index contributed by atoms with van der Waals surface area (Å²) in [5, 5.41) is 8.85. The zero-order valence-electron chi connectivity index (χ0n) is 8.16. The highest BCUT2D eigenvalue weighted by molar-refractivity contribution is 5.76. The van der Waals surface area contributed by atoms with E-state index in [-0.39, 0.29) is 0 Å². The molecular formula is C11H14O2. The highest BCUT2D eigenvalue weighted by atomic mass is 16.4. The van der Waals surface area contributed by atoms with Crippen LogP contribution in [0.4, 0.5) is 0 Å². The first-order chi connectivity index (χ1) is 6.02. The van der Waals surface area contributed by atoms with Crippen molar-refractivity contribution in [2.24, 2.45) is 0 Å². The van der Waals surface area contributed by atoms with Crippen LogP contribution in [0.25, 0.3) is 0 Å². The van der Waals surface area contributed by atoms with E-state index >= 15 is 0 Å². The Kier molecular flexibility index (Phi) is 2.71. The molecule has 0 radical (unpaired) electrons. The Labute approximate surface area is 78.2 Å². The Morgan fingerprint density at radius 1 is 1.38 bits per heavy atom. The Morgan fingerprint density at radius 3 is 2.54 bits per heavy atom. The van der Waals surface area contributed by atoms with E-state index in [2.05, 4.69) is 0 Å². The monoisotopic (exact) mass is 178 g/mol. The van der Waals surface area contributed by atoms with Gasteiger partial charge in [0, 0.05) is 0 Å². The number of aryl methyl sites for hydroxylation is 2. The van der Waals surface area contributed by atoms with Crippen LogP contribution < -0.4 is 0 Å². The first-order valence-electron chi connectivity index (χ1n) is 4.32. The van der Waals surface area contributed by atoms with Gasteiger partial charge < -0.3 is 5.11 Å². The van der Waals surface area contributed by atoms with Crippen LogP contribution in [0.1, 0.15) is 29.5 Å². The van der Waals surface area contributed by atoms with Crippen molar-refractivity contribution in [3.63, 3.8) is 0 Å². The molecule has 0 aliphatic carbocycles. The lowest BCUT2D eigenvalue weighted by Crippen LogP contribution is -2.09. The smallest absolute Gasteiger partial charge is 0.310 e. The maximum atomic E-state index is 10.8. The maximum Gasteiger partial charge on any atom is 0.310 e. The topological polar surface area (TPSA) is 37.3 Å². The standard InChI is InChI=1S/C11H14O2/c1-7-4-5-8(2)10(6-7)9(3)11(12)13/h4-6,9H,1-3H3,(H,12,13)/t9-/m1/s1. The van der Waals surface area contributed by atoms with Crippen LogP contribution >= 0.6 is 0 Å². The zero-order chi connectivity index (χ0) is 10.0. The molecule has 1 aromatic carbocycles. The molecule has 0 aromatic heterocycles. The lowest BCUT2D eigenvalue weighted by molar-refractivity contribution is -0.138. The number of carbonyl (C=O) groups is 1. The molecule has 0 aliphatic rings. The molecule has 0 fully saturated rings.